The molecular weight excluding hydrogens is 318 g/mol. The SMILES string of the molecule is COc1cccc2cc(C(N)=O)c(=Nc3ccc(F)c(F)c3)oc12. The number of hydrogen-bond donors (Lipinski definition) is 1. The van der Waals surface area contributed by atoms with E-state index in [-0.39, 0.29) is 16.8 Å². The number of hydrogen-bond acceptors (Lipinski definition) is 4. The molecule has 0 spiro atoms. The summed E-state index contributed by atoms with van der Waals surface area (Å²) in [4.78, 5) is 15.7. The molecule has 0 aliphatic carbocycles. The topological polar surface area (TPSA) is 77.8 Å². The van der Waals surface area contributed by atoms with Crippen LogP contribution in [0.1, 0.15) is 10.4 Å². The van der Waals surface area contributed by atoms with E-state index in [1.54, 1.807) is 18.2 Å². The summed E-state index contributed by atoms with van der Waals surface area (Å²) in [5.74, 6) is -2.38. The smallest absolute Gasteiger partial charge is 0.254 e. The van der Waals surface area contributed by atoms with E-state index in [4.69, 9.17) is 14.9 Å². The first-order chi connectivity index (χ1) is 11.5. The van der Waals surface area contributed by atoms with Crippen LogP contribution in [0.3, 0.4) is 0 Å². The predicted octanol–water partition coefficient (Wildman–Crippen LogP) is 3.05. The highest BCUT2D eigenvalue weighted by Gasteiger charge is 2.12. The molecule has 0 saturated carbocycles. The maximum Gasteiger partial charge on any atom is 0.254 e. The Labute approximate surface area is 135 Å². The number of amides is 1. The van der Waals surface area contributed by atoms with Crippen LogP contribution in [0.5, 0.6) is 5.75 Å². The van der Waals surface area contributed by atoms with Crippen LogP contribution in [0.15, 0.2) is 51.9 Å². The largest absolute Gasteiger partial charge is 0.493 e. The van der Waals surface area contributed by atoms with Crippen molar-refractivity contribution in [2.75, 3.05) is 7.11 Å². The summed E-state index contributed by atoms with van der Waals surface area (Å²) in [5.41, 5.74) is 5.69. The molecule has 1 aromatic heterocycles. The monoisotopic (exact) mass is 330 g/mol. The van der Waals surface area contributed by atoms with E-state index in [2.05, 4.69) is 4.99 Å². The van der Waals surface area contributed by atoms with Crippen molar-refractivity contribution < 1.29 is 22.7 Å². The van der Waals surface area contributed by atoms with Crippen LogP contribution in [-0.4, -0.2) is 13.0 Å². The number of methoxy groups -OCH3 is 1. The molecule has 1 heterocycles. The van der Waals surface area contributed by atoms with Crippen LogP contribution < -0.4 is 16.0 Å². The molecule has 0 fully saturated rings. The quantitative estimate of drug-likeness (QED) is 0.802. The molecule has 2 aromatic carbocycles. The molecule has 0 radical (unpaired) electrons. The fraction of sp³-hybridized carbons (Fsp3) is 0.0588. The fourth-order valence-electron chi connectivity index (χ4n) is 2.22. The zero-order valence-corrected chi connectivity index (χ0v) is 12.5. The second-order valence-corrected chi connectivity index (χ2v) is 4.92. The Hall–Kier alpha value is -3.22. The van der Waals surface area contributed by atoms with Gasteiger partial charge in [-0.25, -0.2) is 13.8 Å². The first-order valence-electron chi connectivity index (χ1n) is 6.90. The molecule has 24 heavy (non-hydrogen) atoms. The van der Waals surface area contributed by atoms with Crippen LogP contribution in [0.2, 0.25) is 0 Å². The number of nitrogens with zero attached hydrogens (tertiary/aromatic N) is 1. The number of ether oxygens (including phenoxy) is 1. The molecule has 3 aromatic rings. The van der Waals surface area contributed by atoms with Crippen molar-refractivity contribution in [2.24, 2.45) is 10.7 Å². The molecule has 0 unspecified atom stereocenters. The normalized spacial score (nSPS) is 11.7. The Morgan fingerprint density at radius 1 is 1.17 bits per heavy atom. The summed E-state index contributed by atoms with van der Waals surface area (Å²) in [6, 6.07) is 9.70. The summed E-state index contributed by atoms with van der Waals surface area (Å²) in [7, 11) is 1.47. The lowest BCUT2D eigenvalue weighted by molar-refractivity contribution is 0.0996. The van der Waals surface area contributed by atoms with Crippen molar-refractivity contribution in [3.63, 3.8) is 0 Å². The first kappa shape index (κ1) is 15.7. The van der Waals surface area contributed by atoms with Crippen molar-refractivity contribution in [3.8, 4) is 5.75 Å². The minimum atomic E-state index is -1.06. The lowest BCUT2D eigenvalue weighted by Gasteiger charge is -2.06. The minimum Gasteiger partial charge on any atom is -0.493 e. The van der Waals surface area contributed by atoms with Gasteiger partial charge in [0.15, 0.2) is 23.0 Å². The van der Waals surface area contributed by atoms with Crippen molar-refractivity contribution in [1.82, 2.24) is 0 Å². The van der Waals surface area contributed by atoms with E-state index in [1.165, 1.54) is 19.2 Å². The van der Waals surface area contributed by atoms with Crippen molar-refractivity contribution in [2.45, 2.75) is 0 Å². The van der Waals surface area contributed by atoms with Crippen LogP contribution >= 0.6 is 0 Å². The van der Waals surface area contributed by atoms with Gasteiger partial charge in [0.25, 0.3) is 5.91 Å². The van der Waals surface area contributed by atoms with Gasteiger partial charge >= 0.3 is 0 Å². The van der Waals surface area contributed by atoms with Gasteiger partial charge in [-0.1, -0.05) is 12.1 Å². The average molecular weight is 330 g/mol. The molecule has 0 saturated heterocycles. The van der Waals surface area contributed by atoms with Crippen LogP contribution in [0.4, 0.5) is 14.5 Å². The molecule has 1 amide bonds. The highest BCUT2D eigenvalue weighted by atomic mass is 19.2. The number of rotatable bonds is 3. The van der Waals surface area contributed by atoms with Crippen LogP contribution in [-0.2, 0) is 0 Å². The van der Waals surface area contributed by atoms with Gasteiger partial charge in [-0.3, -0.25) is 4.79 Å². The van der Waals surface area contributed by atoms with E-state index < -0.39 is 17.5 Å². The molecule has 0 atom stereocenters. The minimum absolute atomic E-state index is 0.0143. The van der Waals surface area contributed by atoms with Crippen LogP contribution in [0, 0.1) is 11.6 Å². The number of para-hydroxylation sites is 1. The van der Waals surface area contributed by atoms with E-state index >= 15 is 0 Å². The molecule has 2 N–H and O–H groups in total. The third kappa shape index (κ3) is 2.83. The summed E-state index contributed by atoms with van der Waals surface area (Å²) in [5, 5.41) is 0.590. The molecular formula is C17H12F2N2O3. The summed E-state index contributed by atoms with van der Waals surface area (Å²) >= 11 is 0. The van der Waals surface area contributed by atoms with Gasteiger partial charge in [0.1, 0.15) is 5.56 Å². The standard InChI is InChI=1S/C17H12F2N2O3/c1-23-14-4-2-3-9-7-11(16(20)22)17(24-15(9)14)21-10-5-6-12(18)13(19)8-10/h2-8H,1H3,(H2,20,22). The number of carbonyl (C=O) groups excluding carboxylic acids is 1. The third-order valence-corrected chi connectivity index (χ3v) is 3.36. The number of nitrogens with two attached hydrogens (primary N) is 1. The maximum absolute atomic E-state index is 13.3. The Bertz CT molecular complexity index is 1010. The summed E-state index contributed by atoms with van der Waals surface area (Å²) in [6.07, 6.45) is 0. The molecule has 7 heteroatoms. The van der Waals surface area contributed by atoms with Gasteiger partial charge in [0.2, 0.25) is 5.55 Å². The van der Waals surface area contributed by atoms with Gasteiger partial charge in [-0.2, -0.15) is 0 Å². The Kier molecular flexibility index (Phi) is 3.99. The number of halogens is 2. The van der Waals surface area contributed by atoms with Crippen molar-refractivity contribution in [3.05, 3.63) is 65.2 Å². The Morgan fingerprint density at radius 3 is 2.62 bits per heavy atom. The molecule has 0 bridgehead atoms. The number of fused-ring (bicyclic) bond motifs is 1. The molecule has 5 nitrogen and oxygen atoms in total. The van der Waals surface area contributed by atoms with Gasteiger partial charge in [-0.05, 0) is 24.3 Å². The number of carbonyl (C=O) groups is 1. The summed E-state index contributed by atoms with van der Waals surface area (Å²) in [6.45, 7) is 0. The van der Waals surface area contributed by atoms with Gasteiger partial charge < -0.3 is 14.9 Å². The zero-order chi connectivity index (χ0) is 17.3. The predicted molar refractivity (Wildman–Crippen MR) is 82.9 cm³/mol. The maximum atomic E-state index is 13.3. The Balaban J connectivity index is 2.31. The van der Waals surface area contributed by atoms with Crippen molar-refractivity contribution in [1.29, 1.82) is 0 Å². The highest BCUT2D eigenvalue weighted by molar-refractivity contribution is 5.96. The molecule has 122 valence electrons. The highest BCUT2D eigenvalue weighted by Crippen LogP contribution is 2.25. The average Bonchev–Trinajstić information content (AvgIpc) is 2.57. The van der Waals surface area contributed by atoms with Crippen molar-refractivity contribution >= 4 is 22.6 Å². The number of primary amides is 1. The van der Waals surface area contributed by atoms with Gasteiger partial charge in [0, 0.05) is 11.5 Å². The van der Waals surface area contributed by atoms with E-state index in [0.29, 0.717) is 16.7 Å². The molecule has 0 aliphatic heterocycles. The second kappa shape index (κ2) is 6.11. The fourth-order valence-corrected chi connectivity index (χ4v) is 2.22. The Morgan fingerprint density at radius 2 is 1.96 bits per heavy atom. The second-order valence-electron chi connectivity index (χ2n) is 4.92. The lowest BCUT2D eigenvalue weighted by Crippen LogP contribution is -2.21. The van der Waals surface area contributed by atoms with E-state index in [1.807, 2.05) is 0 Å². The van der Waals surface area contributed by atoms with Crippen LogP contribution in [0.25, 0.3) is 11.0 Å². The first-order valence-corrected chi connectivity index (χ1v) is 6.90. The molecule has 3 rings (SSSR count). The van der Waals surface area contributed by atoms with Gasteiger partial charge in [-0.15, -0.1) is 0 Å². The van der Waals surface area contributed by atoms with Gasteiger partial charge in [0.05, 0.1) is 12.8 Å². The number of benzene rings is 2. The lowest BCUT2D eigenvalue weighted by atomic mass is 10.1. The summed E-state index contributed by atoms with van der Waals surface area (Å²) < 4.78 is 37.2. The third-order valence-electron chi connectivity index (χ3n) is 3.36. The molecule has 0 aliphatic rings. The zero-order valence-electron chi connectivity index (χ0n) is 12.5. The van der Waals surface area contributed by atoms with E-state index in [9.17, 15) is 13.6 Å². The van der Waals surface area contributed by atoms with E-state index in [0.717, 1.165) is 12.1 Å².